The summed E-state index contributed by atoms with van der Waals surface area (Å²) in [5.41, 5.74) is 4.31. The van der Waals surface area contributed by atoms with Gasteiger partial charge in [0.25, 0.3) is 0 Å². The number of benzene rings is 1. The minimum Gasteiger partial charge on any atom is -0.497 e. The Balaban J connectivity index is 0.000000606. The highest BCUT2D eigenvalue weighted by Crippen LogP contribution is 2.32. The minimum atomic E-state index is 0.963. The van der Waals surface area contributed by atoms with E-state index in [2.05, 4.69) is 31.2 Å². The molecule has 88 valence electrons. The molecular weight excluding hydrogens is 196 g/mol. The van der Waals surface area contributed by atoms with E-state index in [0.29, 0.717) is 0 Å². The quantitative estimate of drug-likeness (QED) is 0.676. The van der Waals surface area contributed by atoms with Gasteiger partial charge in [0.05, 0.1) is 7.11 Å². The van der Waals surface area contributed by atoms with Crippen molar-refractivity contribution in [2.45, 2.75) is 40.0 Å². The summed E-state index contributed by atoms with van der Waals surface area (Å²) in [6, 6.07) is 6.40. The highest BCUT2D eigenvalue weighted by molar-refractivity contribution is 5.70. The van der Waals surface area contributed by atoms with Crippen LogP contribution < -0.4 is 4.74 Å². The molecule has 0 unspecified atom stereocenters. The summed E-state index contributed by atoms with van der Waals surface area (Å²) >= 11 is 0. The molecule has 0 radical (unpaired) electrons. The van der Waals surface area contributed by atoms with Crippen LogP contribution in [0.2, 0.25) is 0 Å². The van der Waals surface area contributed by atoms with Crippen molar-refractivity contribution in [3.8, 4) is 5.75 Å². The summed E-state index contributed by atoms with van der Waals surface area (Å²) in [5.74, 6) is 0.963. The van der Waals surface area contributed by atoms with Gasteiger partial charge in [-0.05, 0) is 55.0 Å². The van der Waals surface area contributed by atoms with Crippen LogP contribution in [0.5, 0.6) is 5.75 Å². The lowest BCUT2D eigenvalue weighted by Gasteiger charge is -2.19. The van der Waals surface area contributed by atoms with Crippen molar-refractivity contribution in [3.05, 3.63) is 35.4 Å². The van der Waals surface area contributed by atoms with Crippen LogP contribution in [0.3, 0.4) is 0 Å². The lowest BCUT2D eigenvalue weighted by molar-refractivity contribution is 0.414. The van der Waals surface area contributed by atoms with Crippen molar-refractivity contribution < 1.29 is 4.74 Å². The number of allylic oxidation sites excluding steroid dienone is 2. The number of rotatable bonds is 1. The Morgan fingerprint density at radius 2 is 1.94 bits per heavy atom. The second kappa shape index (κ2) is 6.37. The molecule has 1 aliphatic rings. The molecule has 1 aromatic rings. The molecule has 0 amide bonds. The van der Waals surface area contributed by atoms with Crippen LogP contribution in [-0.4, -0.2) is 7.11 Å². The third-order valence-corrected chi connectivity index (χ3v) is 2.90. The van der Waals surface area contributed by atoms with Gasteiger partial charge in [0.1, 0.15) is 5.75 Å². The second-order valence-electron chi connectivity index (χ2n) is 3.69. The predicted molar refractivity (Wildman–Crippen MR) is 70.9 cm³/mol. The van der Waals surface area contributed by atoms with Gasteiger partial charge in [-0.2, -0.15) is 0 Å². The van der Waals surface area contributed by atoms with E-state index in [9.17, 15) is 0 Å². The van der Waals surface area contributed by atoms with Crippen LogP contribution in [0.15, 0.2) is 24.3 Å². The van der Waals surface area contributed by atoms with Gasteiger partial charge in [-0.3, -0.25) is 0 Å². The third kappa shape index (κ3) is 2.66. The van der Waals surface area contributed by atoms with Crippen LogP contribution in [0.1, 0.15) is 44.7 Å². The lowest BCUT2D eigenvalue weighted by Crippen LogP contribution is -2.01. The Morgan fingerprint density at radius 1 is 1.19 bits per heavy atom. The molecule has 16 heavy (non-hydrogen) atoms. The molecule has 0 N–H and O–H groups in total. The molecule has 1 aliphatic carbocycles. The molecule has 1 heteroatoms. The normalized spacial score (nSPS) is 16.1. The topological polar surface area (TPSA) is 9.23 Å². The Hall–Kier alpha value is -1.24. The zero-order valence-electron chi connectivity index (χ0n) is 10.8. The molecule has 2 rings (SSSR count). The zero-order valence-corrected chi connectivity index (χ0v) is 10.8. The maximum atomic E-state index is 5.25. The molecular formula is C15H22O. The van der Waals surface area contributed by atoms with Gasteiger partial charge >= 0.3 is 0 Å². The predicted octanol–water partition coefficient (Wildman–Crippen LogP) is 4.46. The smallest absolute Gasteiger partial charge is 0.119 e. The molecule has 0 fully saturated rings. The van der Waals surface area contributed by atoms with Crippen molar-refractivity contribution in [1.82, 2.24) is 0 Å². The van der Waals surface area contributed by atoms with E-state index >= 15 is 0 Å². The van der Waals surface area contributed by atoms with Crippen molar-refractivity contribution in [2.24, 2.45) is 0 Å². The average molecular weight is 218 g/mol. The summed E-state index contributed by atoms with van der Waals surface area (Å²) in [7, 11) is 1.72. The Labute approximate surface area is 99.1 Å². The van der Waals surface area contributed by atoms with Crippen LogP contribution in [0, 0.1) is 0 Å². The van der Waals surface area contributed by atoms with Crippen molar-refractivity contribution >= 4 is 5.57 Å². The van der Waals surface area contributed by atoms with Crippen LogP contribution in [-0.2, 0) is 6.42 Å². The molecule has 0 saturated carbocycles. The molecule has 0 aliphatic heterocycles. The number of methoxy groups -OCH3 is 1. The van der Waals surface area contributed by atoms with Crippen LogP contribution in [0.25, 0.3) is 5.57 Å². The SMILES string of the molecule is C/C=C1/CCCc2ccc(OC)cc21.CC. The zero-order chi connectivity index (χ0) is 12.0. The summed E-state index contributed by atoms with van der Waals surface area (Å²) in [6.07, 6.45) is 5.91. The number of fused-ring (bicyclic) bond motifs is 1. The van der Waals surface area contributed by atoms with Crippen molar-refractivity contribution in [3.63, 3.8) is 0 Å². The maximum Gasteiger partial charge on any atom is 0.119 e. The minimum absolute atomic E-state index is 0.963. The van der Waals surface area contributed by atoms with Crippen molar-refractivity contribution in [1.29, 1.82) is 0 Å². The lowest BCUT2D eigenvalue weighted by atomic mass is 9.87. The summed E-state index contributed by atoms with van der Waals surface area (Å²) < 4.78 is 5.25. The first kappa shape index (κ1) is 12.8. The van der Waals surface area contributed by atoms with Crippen LogP contribution in [0.4, 0.5) is 0 Å². The van der Waals surface area contributed by atoms with Gasteiger partial charge in [-0.25, -0.2) is 0 Å². The third-order valence-electron chi connectivity index (χ3n) is 2.90. The Morgan fingerprint density at radius 3 is 2.56 bits per heavy atom. The summed E-state index contributed by atoms with van der Waals surface area (Å²) in [5, 5.41) is 0. The molecule has 0 atom stereocenters. The molecule has 0 bridgehead atoms. The number of hydrogen-bond donors (Lipinski definition) is 0. The van der Waals surface area contributed by atoms with E-state index in [1.165, 1.54) is 36.0 Å². The molecule has 0 saturated heterocycles. The molecule has 1 aromatic carbocycles. The fraction of sp³-hybridized carbons (Fsp3) is 0.467. The first-order valence-corrected chi connectivity index (χ1v) is 6.17. The summed E-state index contributed by atoms with van der Waals surface area (Å²) in [4.78, 5) is 0. The monoisotopic (exact) mass is 218 g/mol. The Bertz CT molecular complexity index is 364. The molecule has 0 heterocycles. The van der Waals surface area contributed by atoms with Gasteiger partial charge in [0, 0.05) is 0 Å². The van der Waals surface area contributed by atoms with E-state index in [4.69, 9.17) is 4.74 Å². The molecule has 0 spiro atoms. The van der Waals surface area contributed by atoms with Gasteiger partial charge in [-0.15, -0.1) is 0 Å². The van der Waals surface area contributed by atoms with Crippen molar-refractivity contribution in [2.75, 3.05) is 7.11 Å². The first-order valence-electron chi connectivity index (χ1n) is 6.17. The fourth-order valence-corrected chi connectivity index (χ4v) is 2.10. The van der Waals surface area contributed by atoms with E-state index < -0.39 is 0 Å². The maximum absolute atomic E-state index is 5.25. The molecule has 1 nitrogen and oxygen atoms in total. The standard InChI is InChI=1S/C13H16O.C2H6/c1-3-10-5-4-6-11-7-8-12(14-2)9-13(10)11;1-2/h3,7-9H,4-6H2,1-2H3;1-2H3/b10-3-;. The van der Waals surface area contributed by atoms with Gasteiger partial charge in [-0.1, -0.05) is 26.0 Å². The summed E-state index contributed by atoms with van der Waals surface area (Å²) in [6.45, 7) is 6.11. The van der Waals surface area contributed by atoms with E-state index in [0.717, 1.165) is 5.75 Å². The van der Waals surface area contributed by atoms with Gasteiger partial charge < -0.3 is 4.74 Å². The van der Waals surface area contributed by atoms with Crippen LogP contribution >= 0.6 is 0 Å². The molecule has 0 aromatic heterocycles. The van der Waals surface area contributed by atoms with E-state index in [-0.39, 0.29) is 0 Å². The number of ether oxygens (including phenoxy) is 1. The van der Waals surface area contributed by atoms with Gasteiger partial charge in [0.2, 0.25) is 0 Å². The number of aryl methyl sites for hydroxylation is 1. The largest absolute Gasteiger partial charge is 0.497 e. The van der Waals surface area contributed by atoms with E-state index in [1.54, 1.807) is 7.11 Å². The van der Waals surface area contributed by atoms with Gasteiger partial charge in [0.15, 0.2) is 0 Å². The average Bonchev–Trinajstić information content (AvgIpc) is 2.39. The highest BCUT2D eigenvalue weighted by atomic mass is 16.5. The fourth-order valence-electron chi connectivity index (χ4n) is 2.10. The second-order valence-corrected chi connectivity index (χ2v) is 3.69. The highest BCUT2D eigenvalue weighted by Gasteiger charge is 2.13. The number of hydrogen-bond acceptors (Lipinski definition) is 1. The van der Waals surface area contributed by atoms with E-state index in [1.807, 2.05) is 13.8 Å². The first-order chi connectivity index (χ1) is 7.85. The Kier molecular flexibility index (Phi) is 5.10.